The van der Waals surface area contributed by atoms with Gasteiger partial charge in [0.15, 0.2) is 0 Å². The summed E-state index contributed by atoms with van der Waals surface area (Å²) in [5.41, 5.74) is -0.171. The van der Waals surface area contributed by atoms with E-state index in [2.05, 4.69) is 16.8 Å². The Morgan fingerprint density at radius 2 is 2.06 bits per heavy atom. The first-order valence-electron chi connectivity index (χ1n) is 5.77. The fourth-order valence-electron chi connectivity index (χ4n) is 2.21. The largest absolute Gasteiger partial charge is 0.377 e. The molecule has 0 radical (unpaired) electrons. The lowest BCUT2D eigenvalue weighted by Gasteiger charge is -2.40. The Morgan fingerprint density at radius 3 is 2.72 bits per heavy atom. The summed E-state index contributed by atoms with van der Waals surface area (Å²) < 4.78 is 5.55. The van der Waals surface area contributed by atoms with Crippen LogP contribution in [0.3, 0.4) is 0 Å². The van der Waals surface area contributed by atoms with Crippen molar-refractivity contribution in [3.8, 4) is 0 Å². The minimum absolute atomic E-state index is 0.171. The third kappa shape index (κ3) is 2.85. The van der Waals surface area contributed by atoms with Gasteiger partial charge in [0.1, 0.15) is 11.0 Å². The molecule has 0 bridgehead atoms. The number of methoxy groups -OCH3 is 1. The molecule has 2 heterocycles. The van der Waals surface area contributed by atoms with Crippen LogP contribution in [0, 0.1) is 0 Å². The summed E-state index contributed by atoms with van der Waals surface area (Å²) in [5.74, 6) is 0.675. The standard InChI is InChI=1S/C12H15Cl3N2O/c1-12(18-2)4-3-5-17(7-12)11-9(14)6-8(13)10(15)16-11/h6H,3-5,7H2,1-2H3. The van der Waals surface area contributed by atoms with Gasteiger partial charge in [0.2, 0.25) is 0 Å². The molecule has 1 aliphatic heterocycles. The van der Waals surface area contributed by atoms with Crippen molar-refractivity contribution in [2.45, 2.75) is 25.4 Å². The Hall–Kier alpha value is -0.220. The molecule has 0 aromatic carbocycles. The van der Waals surface area contributed by atoms with Crippen LogP contribution in [-0.2, 0) is 4.74 Å². The van der Waals surface area contributed by atoms with Crippen LogP contribution in [0.5, 0.6) is 0 Å². The molecule has 0 saturated carbocycles. The van der Waals surface area contributed by atoms with Crippen molar-refractivity contribution < 1.29 is 4.74 Å². The molecular weight excluding hydrogens is 295 g/mol. The van der Waals surface area contributed by atoms with Crippen LogP contribution in [-0.4, -0.2) is 30.8 Å². The van der Waals surface area contributed by atoms with Crippen molar-refractivity contribution >= 4 is 40.6 Å². The van der Waals surface area contributed by atoms with E-state index in [-0.39, 0.29) is 10.8 Å². The average molecular weight is 310 g/mol. The molecule has 1 fully saturated rings. The van der Waals surface area contributed by atoms with Crippen LogP contribution in [0.25, 0.3) is 0 Å². The topological polar surface area (TPSA) is 25.4 Å². The minimum Gasteiger partial charge on any atom is -0.377 e. The summed E-state index contributed by atoms with van der Waals surface area (Å²) in [4.78, 5) is 6.36. The van der Waals surface area contributed by atoms with Gasteiger partial charge in [-0.2, -0.15) is 0 Å². The summed E-state index contributed by atoms with van der Waals surface area (Å²) in [6.07, 6.45) is 2.06. The van der Waals surface area contributed by atoms with E-state index >= 15 is 0 Å². The lowest BCUT2D eigenvalue weighted by Crippen LogP contribution is -2.47. The molecule has 0 aliphatic carbocycles. The smallest absolute Gasteiger partial charge is 0.150 e. The molecule has 0 spiro atoms. The maximum Gasteiger partial charge on any atom is 0.150 e. The molecule has 2 rings (SSSR count). The van der Waals surface area contributed by atoms with Crippen molar-refractivity contribution in [1.82, 2.24) is 4.98 Å². The fourth-order valence-corrected chi connectivity index (χ4v) is 2.82. The molecule has 1 aromatic rings. The zero-order valence-corrected chi connectivity index (χ0v) is 12.6. The number of anilines is 1. The Labute approximate surface area is 122 Å². The number of hydrogen-bond donors (Lipinski definition) is 0. The van der Waals surface area contributed by atoms with Gasteiger partial charge in [-0.25, -0.2) is 4.98 Å². The first-order chi connectivity index (χ1) is 8.45. The van der Waals surface area contributed by atoms with Crippen LogP contribution < -0.4 is 4.90 Å². The third-order valence-corrected chi connectivity index (χ3v) is 4.27. The number of nitrogens with zero attached hydrogens (tertiary/aromatic N) is 2. The van der Waals surface area contributed by atoms with E-state index in [1.54, 1.807) is 13.2 Å². The minimum atomic E-state index is -0.171. The molecule has 18 heavy (non-hydrogen) atoms. The van der Waals surface area contributed by atoms with Gasteiger partial charge in [-0.1, -0.05) is 34.8 Å². The van der Waals surface area contributed by atoms with Crippen molar-refractivity contribution in [2.24, 2.45) is 0 Å². The summed E-state index contributed by atoms with van der Waals surface area (Å²) in [7, 11) is 1.73. The SMILES string of the molecule is COC1(C)CCCN(c2nc(Cl)c(Cl)cc2Cl)C1. The van der Waals surface area contributed by atoms with Crippen LogP contribution in [0.4, 0.5) is 5.82 Å². The van der Waals surface area contributed by atoms with Crippen molar-refractivity contribution in [3.63, 3.8) is 0 Å². The summed E-state index contributed by atoms with van der Waals surface area (Å²) in [5, 5.41) is 1.17. The molecule has 0 N–H and O–H groups in total. The molecule has 1 atom stereocenters. The summed E-state index contributed by atoms with van der Waals surface area (Å²) in [6, 6.07) is 1.63. The normalized spacial score (nSPS) is 24.4. The third-order valence-electron chi connectivity index (χ3n) is 3.32. The van der Waals surface area contributed by atoms with Crippen molar-refractivity contribution in [1.29, 1.82) is 0 Å². The summed E-state index contributed by atoms with van der Waals surface area (Å²) >= 11 is 18.0. The average Bonchev–Trinajstić information content (AvgIpc) is 2.34. The Bertz CT molecular complexity index is 455. The van der Waals surface area contributed by atoms with E-state index in [0.29, 0.717) is 15.9 Å². The number of pyridine rings is 1. The van der Waals surface area contributed by atoms with Gasteiger partial charge in [0, 0.05) is 20.2 Å². The first-order valence-corrected chi connectivity index (χ1v) is 6.90. The van der Waals surface area contributed by atoms with Crippen molar-refractivity contribution in [2.75, 3.05) is 25.1 Å². The van der Waals surface area contributed by atoms with Gasteiger partial charge >= 0.3 is 0 Å². The molecule has 1 unspecified atom stereocenters. The number of halogens is 3. The molecule has 1 aliphatic rings. The van der Waals surface area contributed by atoms with Crippen LogP contribution >= 0.6 is 34.8 Å². The highest BCUT2D eigenvalue weighted by atomic mass is 35.5. The Balaban J connectivity index is 2.29. The number of hydrogen-bond acceptors (Lipinski definition) is 3. The maximum absolute atomic E-state index is 6.18. The second-order valence-corrected chi connectivity index (χ2v) is 5.92. The van der Waals surface area contributed by atoms with Gasteiger partial charge in [0.05, 0.1) is 15.6 Å². The fraction of sp³-hybridized carbons (Fsp3) is 0.583. The van der Waals surface area contributed by atoms with Crippen LogP contribution in [0.2, 0.25) is 15.2 Å². The van der Waals surface area contributed by atoms with E-state index < -0.39 is 0 Å². The van der Waals surface area contributed by atoms with Gasteiger partial charge in [-0.05, 0) is 25.8 Å². The highest BCUT2D eigenvalue weighted by Gasteiger charge is 2.32. The zero-order valence-electron chi connectivity index (χ0n) is 10.3. The molecule has 1 aromatic heterocycles. The Kier molecular flexibility index (Phi) is 4.27. The van der Waals surface area contributed by atoms with Gasteiger partial charge < -0.3 is 9.64 Å². The monoisotopic (exact) mass is 308 g/mol. The lowest BCUT2D eigenvalue weighted by atomic mass is 9.95. The second kappa shape index (κ2) is 5.41. The molecule has 3 nitrogen and oxygen atoms in total. The van der Waals surface area contributed by atoms with E-state index in [9.17, 15) is 0 Å². The number of rotatable bonds is 2. The Morgan fingerprint density at radius 1 is 1.33 bits per heavy atom. The zero-order chi connectivity index (χ0) is 13.3. The summed E-state index contributed by atoms with van der Waals surface area (Å²) in [6.45, 7) is 3.72. The van der Waals surface area contributed by atoms with Gasteiger partial charge in [-0.3, -0.25) is 0 Å². The van der Waals surface area contributed by atoms with Gasteiger partial charge in [0.25, 0.3) is 0 Å². The predicted molar refractivity (Wildman–Crippen MR) is 76.1 cm³/mol. The highest BCUT2D eigenvalue weighted by Crippen LogP contribution is 2.34. The lowest BCUT2D eigenvalue weighted by molar-refractivity contribution is -0.00480. The highest BCUT2D eigenvalue weighted by molar-refractivity contribution is 6.42. The molecule has 100 valence electrons. The van der Waals surface area contributed by atoms with Crippen LogP contribution in [0.15, 0.2) is 6.07 Å². The van der Waals surface area contributed by atoms with E-state index in [0.717, 1.165) is 25.9 Å². The molecule has 1 saturated heterocycles. The number of ether oxygens (including phenoxy) is 1. The number of piperidine rings is 1. The second-order valence-electron chi connectivity index (χ2n) is 4.75. The van der Waals surface area contributed by atoms with E-state index in [1.165, 1.54) is 0 Å². The predicted octanol–water partition coefficient (Wildman–Crippen LogP) is 4.05. The first kappa shape index (κ1) is 14.2. The molecule has 6 heteroatoms. The van der Waals surface area contributed by atoms with Gasteiger partial charge in [-0.15, -0.1) is 0 Å². The molecular formula is C12H15Cl3N2O. The maximum atomic E-state index is 6.18. The molecule has 0 amide bonds. The van der Waals surface area contributed by atoms with E-state index in [1.807, 2.05) is 0 Å². The van der Waals surface area contributed by atoms with Crippen LogP contribution in [0.1, 0.15) is 19.8 Å². The van der Waals surface area contributed by atoms with E-state index in [4.69, 9.17) is 39.5 Å². The number of aromatic nitrogens is 1. The van der Waals surface area contributed by atoms with Crippen molar-refractivity contribution in [3.05, 3.63) is 21.3 Å². The quantitative estimate of drug-likeness (QED) is 0.771.